The van der Waals surface area contributed by atoms with E-state index in [1.54, 1.807) is 0 Å². The van der Waals surface area contributed by atoms with Crippen molar-refractivity contribution in [3.8, 4) is 0 Å². The predicted molar refractivity (Wildman–Crippen MR) is 142 cm³/mol. The Morgan fingerprint density at radius 2 is 1.78 bits per heavy atom. The topological polar surface area (TPSA) is 90.9 Å². The number of rotatable bonds is 8. The fraction of sp³-hybridized carbons (Fsp3) is 0.923. The zero-order valence-corrected chi connectivity index (χ0v) is 25.3. The first-order chi connectivity index (χ1) is 17.3. The van der Waals surface area contributed by atoms with E-state index in [0.717, 1.165) is 6.42 Å². The molecule has 11 heteroatoms. The first-order valence-corrected chi connectivity index (χ1v) is 16.9. The lowest BCUT2D eigenvalue weighted by molar-refractivity contribution is -0.257. The molecule has 0 amide bonds. The lowest BCUT2D eigenvalue weighted by Crippen LogP contribution is -2.65. The number of hydrogen-bond donors (Lipinski definition) is 0. The van der Waals surface area contributed by atoms with Gasteiger partial charge < -0.3 is 37.6 Å². The van der Waals surface area contributed by atoms with Crippen LogP contribution in [0.2, 0.25) is 18.1 Å². The van der Waals surface area contributed by atoms with E-state index in [2.05, 4.69) is 47.7 Å². The highest BCUT2D eigenvalue weighted by Crippen LogP contribution is 2.47. The van der Waals surface area contributed by atoms with Crippen LogP contribution in [0.25, 0.3) is 0 Å². The second-order valence-corrected chi connectivity index (χ2v) is 17.2. The fourth-order valence-electron chi connectivity index (χ4n) is 5.41. The van der Waals surface area contributed by atoms with Crippen LogP contribution in [0.5, 0.6) is 0 Å². The lowest BCUT2D eigenvalue weighted by Gasteiger charge is -2.50. The zero-order valence-electron chi connectivity index (χ0n) is 23.4. The molecule has 37 heavy (non-hydrogen) atoms. The zero-order chi connectivity index (χ0) is 27.2. The van der Waals surface area contributed by atoms with Gasteiger partial charge in [0.15, 0.2) is 20.2 Å². The molecule has 0 radical (unpaired) electrons. The molecule has 4 saturated heterocycles. The summed E-state index contributed by atoms with van der Waals surface area (Å²) in [6, 6.07) is 0. The Morgan fingerprint density at radius 1 is 1.11 bits per heavy atom. The lowest BCUT2D eigenvalue weighted by atomic mass is 9.86. The van der Waals surface area contributed by atoms with Gasteiger partial charge in [-0.05, 0) is 43.8 Å². The highest BCUT2D eigenvalue weighted by molar-refractivity contribution is 7.79. The fourth-order valence-corrected chi connectivity index (χ4v) is 6.93. The summed E-state index contributed by atoms with van der Waals surface area (Å²) in [5.74, 6) is -1.03. The van der Waals surface area contributed by atoms with Crippen molar-refractivity contribution in [1.82, 2.24) is 0 Å². The maximum absolute atomic E-state index is 12.0. The number of esters is 1. The summed E-state index contributed by atoms with van der Waals surface area (Å²) in [7, 11) is -0.858. The highest BCUT2D eigenvalue weighted by Gasteiger charge is 2.62. The summed E-state index contributed by atoms with van der Waals surface area (Å²) in [5.41, 5.74) is 0. The Bertz CT molecular complexity index is 842. The number of ether oxygens (including phenoxy) is 7. The van der Waals surface area contributed by atoms with Crippen LogP contribution in [0.3, 0.4) is 0 Å². The minimum absolute atomic E-state index is 0.0273. The molecule has 0 N–H and O–H groups in total. The molecule has 4 aliphatic heterocycles. The van der Waals surface area contributed by atoms with Gasteiger partial charge in [0.25, 0.3) is 0 Å². The van der Waals surface area contributed by atoms with Gasteiger partial charge in [0, 0.05) is 12.2 Å². The number of hydrogen-bond acceptors (Lipinski definition) is 10. The van der Waals surface area contributed by atoms with Crippen LogP contribution in [-0.4, -0.2) is 87.9 Å². The molecule has 4 fully saturated rings. The van der Waals surface area contributed by atoms with E-state index in [0.29, 0.717) is 25.9 Å². The van der Waals surface area contributed by atoms with Crippen molar-refractivity contribution in [2.45, 2.75) is 139 Å². The standard InChI is InChI=1S/C26H44O9SSi/c1-9-26(10-2)33-22-19-16(12-11-15(30-19)13-18(27)28-6)31-21(23(22)34-26)20(17-14-29-24(36)32-17)35-37(7,8)25(3,4)5/h15-17,19-23H,9-14H2,1-8H3/t15-,16+,17-,19+,20+,21+,22+,23-/m1/s1. The van der Waals surface area contributed by atoms with E-state index < -0.39 is 38.5 Å². The molecule has 0 spiro atoms. The Kier molecular flexibility index (Phi) is 8.65. The summed E-state index contributed by atoms with van der Waals surface area (Å²) < 4.78 is 50.0. The maximum Gasteiger partial charge on any atom is 0.352 e. The molecule has 4 aliphatic rings. The van der Waals surface area contributed by atoms with Crippen molar-refractivity contribution in [2.75, 3.05) is 13.7 Å². The van der Waals surface area contributed by atoms with Crippen LogP contribution < -0.4 is 0 Å². The monoisotopic (exact) mass is 560 g/mol. The molecule has 9 nitrogen and oxygen atoms in total. The van der Waals surface area contributed by atoms with E-state index in [4.69, 9.17) is 49.8 Å². The number of thiocarbonyl (C=S) groups is 1. The van der Waals surface area contributed by atoms with Crippen LogP contribution in [-0.2, 0) is 42.4 Å². The maximum atomic E-state index is 12.0. The third kappa shape index (κ3) is 5.88. The molecule has 4 heterocycles. The molecule has 0 aromatic heterocycles. The minimum atomic E-state index is -2.25. The Hall–Kier alpha value is -0.823. The quantitative estimate of drug-likeness (QED) is 0.244. The van der Waals surface area contributed by atoms with E-state index in [1.807, 2.05) is 0 Å². The molecule has 212 valence electrons. The van der Waals surface area contributed by atoms with Gasteiger partial charge in [-0.15, -0.1) is 0 Å². The number of methoxy groups -OCH3 is 1. The molecule has 0 aromatic carbocycles. The SMILES string of the molecule is CCC1(CC)O[C@H]2[C@@H](O1)[C@H]1O[C@@H](CC(=O)OC)CC[C@@H]1O[C@H]2[C@@H](O[Si](C)(C)C(C)(C)C)[C@H]1COC(=S)O1. The third-order valence-corrected chi connectivity index (χ3v) is 13.4. The van der Waals surface area contributed by atoms with E-state index >= 15 is 0 Å². The van der Waals surface area contributed by atoms with Gasteiger partial charge in [-0.3, -0.25) is 4.79 Å². The average Bonchev–Trinajstić information content (AvgIpc) is 3.46. The summed E-state index contributed by atoms with van der Waals surface area (Å²) >= 11 is 5.21. The third-order valence-electron chi connectivity index (χ3n) is 8.73. The van der Waals surface area contributed by atoms with Crippen LogP contribution in [0.15, 0.2) is 0 Å². The Labute approximate surface area is 227 Å². The summed E-state index contributed by atoms with van der Waals surface area (Å²) in [5, 5.41) is 0.103. The normalized spacial score (nSPS) is 36.2. The van der Waals surface area contributed by atoms with Crippen molar-refractivity contribution in [2.24, 2.45) is 0 Å². The molecule has 4 rings (SSSR count). The van der Waals surface area contributed by atoms with Crippen molar-refractivity contribution < 1.29 is 42.4 Å². The van der Waals surface area contributed by atoms with Gasteiger partial charge in [0.05, 0.1) is 25.7 Å². The molecule has 0 saturated carbocycles. The molecule has 8 atom stereocenters. The molecule has 0 aliphatic carbocycles. The van der Waals surface area contributed by atoms with Crippen molar-refractivity contribution >= 4 is 31.7 Å². The second-order valence-electron chi connectivity index (χ2n) is 12.1. The first kappa shape index (κ1) is 29.2. The van der Waals surface area contributed by atoms with Crippen LogP contribution in [0.4, 0.5) is 0 Å². The molecular formula is C26H44O9SSi. The molecule has 0 aromatic rings. The van der Waals surface area contributed by atoms with E-state index in [1.165, 1.54) is 7.11 Å². The highest BCUT2D eigenvalue weighted by atomic mass is 32.1. The van der Waals surface area contributed by atoms with Crippen LogP contribution in [0.1, 0.15) is 66.7 Å². The first-order valence-electron chi connectivity index (χ1n) is 13.6. The minimum Gasteiger partial charge on any atom is -0.469 e. The van der Waals surface area contributed by atoms with Gasteiger partial charge in [0.2, 0.25) is 0 Å². The Morgan fingerprint density at radius 3 is 2.35 bits per heavy atom. The number of carbonyl (C=O) groups excluding carboxylic acids is 1. The number of carbonyl (C=O) groups is 1. The van der Waals surface area contributed by atoms with Crippen molar-refractivity contribution in [1.29, 1.82) is 0 Å². The van der Waals surface area contributed by atoms with Gasteiger partial charge in [-0.1, -0.05) is 34.6 Å². The van der Waals surface area contributed by atoms with Crippen molar-refractivity contribution in [3.05, 3.63) is 0 Å². The summed E-state index contributed by atoms with van der Waals surface area (Å²) in [6.07, 6.45) is 0.00861. The molecule has 0 unspecified atom stereocenters. The average molecular weight is 561 g/mol. The summed E-state index contributed by atoms with van der Waals surface area (Å²) in [4.78, 5) is 12.0. The van der Waals surface area contributed by atoms with Gasteiger partial charge in [-0.2, -0.15) is 0 Å². The largest absolute Gasteiger partial charge is 0.469 e. The van der Waals surface area contributed by atoms with Crippen LogP contribution >= 0.6 is 12.2 Å². The molecule has 0 bridgehead atoms. The van der Waals surface area contributed by atoms with Gasteiger partial charge in [-0.25, -0.2) is 0 Å². The summed E-state index contributed by atoms with van der Waals surface area (Å²) in [6.45, 7) is 15.5. The molecular weight excluding hydrogens is 516 g/mol. The second kappa shape index (κ2) is 11.0. The Balaban J connectivity index is 1.66. The van der Waals surface area contributed by atoms with Crippen molar-refractivity contribution in [3.63, 3.8) is 0 Å². The predicted octanol–water partition coefficient (Wildman–Crippen LogP) is 4.26. The smallest absolute Gasteiger partial charge is 0.352 e. The van der Waals surface area contributed by atoms with Gasteiger partial charge in [0.1, 0.15) is 37.1 Å². The van der Waals surface area contributed by atoms with E-state index in [9.17, 15) is 4.79 Å². The van der Waals surface area contributed by atoms with E-state index in [-0.39, 0.29) is 47.1 Å². The van der Waals surface area contributed by atoms with Crippen LogP contribution in [0, 0.1) is 0 Å². The number of fused-ring (bicyclic) bond motifs is 3. The van der Waals surface area contributed by atoms with Gasteiger partial charge >= 0.3 is 11.2 Å².